The maximum atomic E-state index is 12.5. The average molecular weight is 331 g/mol. The lowest BCUT2D eigenvalue weighted by atomic mass is 10.3. The Bertz CT molecular complexity index is 1010. The number of imidazole rings is 1. The van der Waals surface area contributed by atoms with Crippen LogP contribution in [-0.2, 0) is 17.1 Å². The van der Waals surface area contributed by atoms with Gasteiger partial charge in [-0.25, -0.2) is 13.4 Å². The number of anilines is 1. The Morgan fingerprint density at radius 2 is 1.96 bits per heavy atom. The number of benzene rings is 2. The third-order valence-electron chi connectivity index (χ3n) is 3.63. The number of fused-ring (bicyclic) bond motifs is 2. The van der Waals surface area contributed by atoms with Crippen LogP contribution in [0.3, 0.4) is 0 Å². The summed E-state index contributed by atoms with van der Waals surface area (Å²) in [5.41, 5.74) is 2.10. The van der Waals surface area contributed by atoms with E-state index in [4.69, 9.17) is 9.47 Å². The second-order valence-electron chi connectivity index (χ2n) is 5.18. The van der Waals surface area contributed by atoms with Crippen molar-refractivity contribution in [3.63, 3.8) is 0 Å². The number of hydrogen-bond acceptors (Lipinski definition) is 5. The Balaban J connectivity index is 1.68. The van der Waals surface area contributed by atoms with Crippen molar-refractivity contribution in [1.82, 2.24) is 9.55 Å². The summed E-state index contributed by atoms with van der Waals surface area (Å²) < 4.78 is 39.8. The molecule has 0 aliphatic carbocycles. The number of rotatable bonds is 3. The van der Waals surface area contributed by atoms with Crippen molar-refractivity contribution < 1.29 is 17.9 Å². The molecule has 7 nitrogen and oxygen atoms in total. The molecule has 0 bridgehead atoms. The van der Waals surface area contributed by atoms with E-state index in [9.17, 15) is 8.42 Å². The van der Waals surface area contributed by atoms with Crippen LogP contribution in [0.2, 0.25) is 0 Å². The van der Waals surface area contributed by atoms with Gasteiger partial charge in [-0.2, -0.15) is 0 Å². The van der Waals surface area contributed by atoms with Crippen molar-refractivity contribution in [3.05, 3.63) is 42.7 Å². The highest BCUT2D eigenvalue weighted by Crippen LogP contribution is 2.34. The molecule has 1 aliphatic rings. The van der Waals surface area contributed by atoms with Crippen molar-refractivity contribution in [2.24, 2.45) is 7.05 Å². The number of nitrogens with zero attached hydrogens (tertiary/aromatic N) is 2. The first-order valence-electron chi connectivity index (χ1n) is 6.86. The van der Waals surface area contributed by atoms with Crippen LogP contribution in [0.4, 0.5) is 5.69 Å². The molecule has 23 heavy (non-hydrogen) atoms. The summed E-state index contributed by atoms with van der Waals surface area (Å²) >= 11 is 0. The molecule has 2 heterocycles. The summed E-state index contributed by atoms with van der Waals surface area (Å²) in [6.45, 7) is 0.0998. The van der Waals surface area contributed by atoms with E-state index in [1.165, 1.54) is 12.1 Å². The average Bonchev–Trinajstić information content (AvgIpc) is 3.13. The molecule has 0 radical (unpaired) electrons. The minimum Gasteiger partial charge on any atom is -0.454 e. The molecule has 1 N–H and O–H groups in total. The Kier molecular flexibility index (Phi) is 2.95. The van der Waals surface area contributed by atoms with Crippen LogP contribution in [0.1, 0.15) is 0 Å². The molecule has 4 rings (SSSR count). The Labute approximate surface area is 132 Å². The fourth-order valence-corrected chi connectivity index (χ4v) is 3.52. The number of aromatic nitrogens is 2. The minimum atomic E-state index is -3.72. The number of ether oxygens (including phenoxy) is 2. The molecule has 2 aromatic carbocycles. The van der Waals surface area contributed by atoms with Gasteiger partial charge in [0.25, 0.3) is 10.0 Å². The molecular formula is C15H13N3O4S. The summed E-state index contributed by atoms with van der Waals surface area (Å²) in [6.07, 6.45) is 1.68. The minimum absolute atomic E-state index is 0.0998. The zero-order valence-electron chi connectivity index (χ0n) is 12.2. The monoisotopic (exact) mass is 331 g/mol. The van der Waals surface area contributed by atoms with E-state index in [0.717, 1.165) is 11.0 Å². The van der Waals surface area contributed by atoms with Crippen LogP contribution in [0, 0.1) is 0 Å². The van der Waals surface area contributed by atoms with Crippen LogP contribution in [0.5, 0.6) is 11.5 Å². The van der Waals surface area contributed by atoms with E-state index in [1.807, 2.05) is 17.7 Å². The molecule has 0 spiro atoms. The largest absolute Gasteiger partial charge is 0.454 e. The fourth-order valence-electron chi connectivity index (χ4n) is 2.46. The van der Waals surface area contributed by atoms with Gasteiger partial charge in [-0.3, -0.25) is 4.72 Å². The first-order valence-corrected chi connectivity index (χ1v) is 8.35. The van der Waals surface area contributed by atoms with Crippen molar-refractivity contribution in [1.29, 1.82) is 0 Å². The van der Waals surface area contributed by atoms with Gasteiger partial charge in [0.05, 0.1) is 27.9 Å². The van der Waals surface area contributed by atoms with E-state index in [2.05, 4.69) is 9.71 Å². The van der Waals surface area contributed by atoms with Gasteiger partial charge in [0, 0.05) is 13.1 Å². The van der Waals surface area contributed by atoms with Crippen molar-refractivity contribution >= 4 is 26.7 Å². The van der Waals surface area contributed by atoms with Crippen LogP contribution >= 0.6 is 0 Å². The third kappa shape index (κ3) is 2.36. The van der Waals surface area contributed by atoms with E-state index >= 15 is 0 Å². The van der Waals surface area contributed by atoms with Crippen molar-refractivity contribution in [3.8, 4) is 11.5 Å². The van der Waals surface area contributed by atoms with Gasteiger partial charge in [0.15, 0.2) is 11.5 Å². The Morgan fingerprint density at radius 1 is 1.13 bits per heavy atom. The maximum absolute atomic E-state index is 12.5. The smallest absolute Gasteiger partial charge is 0.262 e. The molecule has 1 aliphatic heterocycles. The third-order valence-corrected chi connectivity index (χ3v) is 5.01. The Morgan fingerprint density at radius 3 is 2.83 bits per heavy atom. The molecule has 8 heteroatoms. The summed E-state index contributed by atoms with van der Waals surface area (Å²) in [5.74, 6) is 0.965. The first-order chi connectivity index (χ1) is 11.0. The SMILES string of the molecule is Cn1cnc2cc(NS(=O)(=O)c3ccc4c(c3)OCO4)ccc21. The molecule has 0 fully saturated rings. The quantitative estimate of drug-likeness (QED) is 0.795. The molecule has 118 valence electrons. The molecule has 0 saturated carbocycles. The summed E-state index contributed by atoms with van der Waals surface area (Å²) in [7, 11) is -1.84. The molecule has 0 saturated heterocycles. The molecular weight excluding hydrogens is 318 g/mol. The van der Waals surface area contributed by atoms with Crippen molar-refractivity contribution in [2.75, 3.05) is 11.5 Å². The maximum Gasteiger partial charge on any atom is 0.262 e. The zero-order valence-corrected chi connectivity index (χ0v) is 13.0. The molecule has 0 unspecified atom stereocenters. The van der Waals surface area contributed by atoms with Crippen LogP contribution in [0.15, 0.2) is 47.6 Å². The van der Waals surface area contributed by atoms with Gasteiger partial charge in [-0.05, 0) is 30.3 Å². The van der Waals surface area contributed by atoms with Gasteiger partial charge in [-0.15, -0.1) is 0 Å². The van der Waals surface area contributed by atoms with Crippen LogP contribution in [0.25, 0.3) is 11.0 Å². The van der Waals surface area contributed by atoms with Gasteiger partial charge >= 0.3 is 0 Å². The highest BCUT2D eigenvalue weighted by Gasteiger charge is 2.20. The highest BCUT2D eigenvalue weighted by atomic mass is 32.2. The topological polar surface area (TPSA) is 82.5 Å². The highest BCUT2D eigenvalue weighted by molar-refractivity contribution is 7.92. The van der Waals surface area contributed by atoms with Crippen molar-refractivity contribution in [2.45, 2.75) is 4.90 Å². The summed E-state index contributed by atoms with van der Waals surface area (Å²) in [5, 5.41) is 0. The molecule has 0 atom stereocenters. The normalized spacial score (nSPS) is 13.4. The van der Waals surface area contributed by atoms with Gasteiger partial charge in [0.2, 0.25) is 6.79 Å². The molecule has 0 amide bonds. The summed E-state index contributed by atoms with van der Waals surface area (Å²) in [4.78, 5) is 4.33. The number of sulfonamides is 1. The van der Waals surface area contributed by atoms with E-state index in [1.54, 1.807) is 24.5 Å². The predicted molar refractivity (Wildman–Crippen MR) is 84.1 cm³/mol. The van der Waals surface area contributed by atoms with E-state index in [0.29, 0.717) is 17.2 Å². The van der Waals surface area contributed by atoms with E-state index in [-0.39, 0.29) is 11.7 Å². The van der Waals surface area contributed by atoms with Gasteiger partial charge in [0.1, 0.15) is 0 Å². The first kappa shape index (κ1) is 13.9. The lowest BCUT2D eigenvalue weighted by Gasteiger charge is -2.09. The number of aryl methyl sites for hydroxylation is 1. The Hall–Kier alpha value is -2.74. The fraction of sp³-hybridized carbons (Fsp3) is 0.133. The lowest BCUT2D eigenvalue weighted by Crippen LogP contribution is -2.12. The second kappa shape index (κ2) is 4.88. The second-order valence-corrected chi connectivity index (χ2v) is 6.86. The van der Waals surface area contributed by atoms with E-state index < -0.39 is 10.0 Å². The summed E-state index contributed by atoms with van der Waals surface area (Å²) in [6, 6.07) is 9.73. The van der Waals surface area contributed by atoms with Crippen LogP contribution in [-0.4, -0.2) is 24.8 Å². The number of hydrogen-bond donors (Lipinski definition) is 1. The predicted octanol–water partition coefficient (Wildman–Crippen LogP) is 2.10. The zero-order chi connectivity index (χ0) is 16.0. The number of nitrogens with one attached hydrogen (secondary N) is 1. The van der Waals surface area contributed by atoms with Crippen LogP contribution < -0.4 is 14.2 Å². The lowest BCUT2D eigenvalue weighted by molar-refractivity contribution is 0.174. The molecule has 3 aromatic rings. The molecule has 1 aromatic heterocycles. The van der Waals surface area contributed by atoms with Gasteiger partial charge in [-0.1, -0.05) is 0 Å². The standard InChI is InChI=1S/C15H13N3O4S/c1-18-8-16-12-6-10(2-4-13(12)18)17-23(19,20)11-3-5-14-15(7-11)22-9-21-14/h2-8,17H,9H2,1H3. The van der Waals surface area contributed by atoms with Gasteiger partial charge < -0.3 is 14.0 Å².